The zero-order valence-electron chi connectivity index (χ0n) is 22.0. The van der Waals surface area contributed by atoms with Gasteiger partial charge in [0.1, 0.15) is 18.9 Å². The van der Waals surface area contributed by atoms with Gasteiger partial charge in [0.05, 0.1) is 26.3 Å². The van der Waals surface area contributed by atoms with Gasteiger partial charge in [-0.3, -0.25) is 0 Å². The Labute approximate surface area is 212 Å². The summed E-state index contributed by atoms with van der Waals surface area (Å²) in [6.45, 7) is 11.2. The lowest BCUT2D eigenvalue weighted by Crippen LogP contribution is -2.32. The van der Waals surface area contributed by atoms with Gasteiger partial charge in [0.15, 0.2) is 17.2 Å². The molecule has 2 aromatic heterocycles. The maximum absolute atomic E-state index is 12.8. The molecule has 3 heterocycles. The molecular weight excluding hydrogens is 478 g/mol. The molecule has 0 radical (unpaired) electrons. The summed E-state index contributed by atoms with van der Waals surface area (Å²) in [7, 11) is 2.01. The molecule has 10 nitrogen and oxygen atoms in total. The van der Waals surface area contributed by atoms with Crippen LogP contribution in [0, 0.1) is 0 Å². The number of anilines is 1. The second-order valence-electron chi connectivity index (χ2n) is 9.94. The van der Waals surface area contributed by atoms with Crippen LogP contribution in [0.5, 0.6) is 11.5 Å². The van der Waals surface area contributed by atoms with Crippen LogP contribution in [-0.2, 0) is 29.2 Å². The maximum atomic E-state index is 12.8. The summed E-state index contributed by atoms with van der Waals surface area (Å²) in [6, 6.07) is 4.81. The number of methoxy groups -OCH3 is 2. The van der Waals surface area contributed by atoms with Gasteiger partial charge < -0.3 is 23.8 Å². The minimum atomic E-state index is -1.19. The van der Waals surface area contributed by atoms with Gasteiger partial charge in [-0.1, -0.05) is 19.6 Å². The number of hydrogen-bond acceptors (Lipinski definition) is 9. The van der Waals surface area contributed by atoms with Crippen molar-refractivity contribution in [2.75, 3.05) is 38.9 Å². The number of carbonyl (C=O) groups excluding carboxylic acids is 1. The van der Waals surface area contributed by atoms with Crippen LogP contribution in [-0.4, -0.2) is 67.8 Å². The van der Waals surface area contributed by atoms with Crippen LogP contribution < -0.4 is 14.4 Å². The Balaban J connectivity index is 1.65. The monoisotopic (exact) mass is 513 g/mol. The molecule has 11 heteroatoms. The third kappa shape index (κ3) is 5.46. The van der Waals surface area contributed by atoms with Crippen molar-refractivity contribution in [1.29, 1.82) is 0 Å². The highest BCUT2D eigenvalue weighted by Gasteiger charge is 2.30. The van der Waals surface area contributed by atoms with Gasteiger partial charge >= 0.3 is 5.97 Å². The van der Waals surface area contributed by atoms with E-state index in [1.54, 1.807) is 27.5 Å². The van der Waals surface area contributed by atoms with Gasteiger partial charge in [0.25, 0.3) is 0 Å². The largest absolute Gasteiger partial charge is 0.493 e. The van der Waals surface area contributed by atoms with Crippen molar-refractivity contribution in [1.82, 2.24) is 19.7 Å². The highest BCUT2D eigenvalue weighted by Crippen LogP contribution is 2.36. The number of esters is 1. The van der Waals surface area contributed by atoms with Gasteiger partial charge in [-0.15, -0.1) is 0 Å². The van der Waals surface area contributed by atoms with E-state index >= 15 is 0 Å². The Hall–Kier alpha value is -3.18. The average molecular weight is 514 g/mol. The first-order valence-electron chi connectivity index (χ1n) is 12.2. The van der Waals surface area contributed by atoms with E-state index in [1.165, 1.54) is 0 Å². The second-order valence-corrected chi connectivity index (χ2v) is 15.6. The minimum absolute atomic E-state index is 0.287. The lowest BCUT2D eigenvalue weighted by Gasteiger charge is -2.29. The Morgan fingerprint density at radius 3 is 2.56 bits per heavy atom. The molecule has 0 N–H and O–H groups in total. The lowest BCUT2D eigenvalue weighted by molar-refractivity contribution is 0.0509. The summed E-state index contributed by atoms with van der Waals surface area (Å²) in [5.74, 6) is 1.56. The number of aromatic nitrogens is 4. The molecule has 0 saturated carbocycles. The summed E-state index contributed by atoms with van der Waals surface area (Å²) in [4.78, 5) is 23.9. The van der Waals surface area contributed by atoms with Gasteiger partial charge in [0, 0.05) is 56.9 Å². The number of ether oxygens (including phenoxy) is 4. The molecule has 1 aliphatic heterocycles. The number of carbonyl (C=O) groups is 1. The number of nitrogens with zero attached hydrogens (tertiary/aromatic N) is 5. The molecule has 36 heavy (non-hydrogen) atoms. The molecule has 0 unspecified atom stereocenters. The fourth-order valence-electron chi connectivity index (χ4n) is 4.29. The predicted octanol–water partition coefficient (Wildman–Crippen LogP) is 3.90. The molecule has 1 aliphatic rings. The van der Waals surface area contributed by atoms with Crippen molar-refractivity contribution in [2.24, 2.45) is 0 Å². The van der Waals surface area contributed by atoms with Crippen LogP contribution in [0.3, 0.4) is 0 Å². The Morgan fingerprint density at radius 2 is 1.86 bits per heavy atom. The maximum Gasteiger partial charge on any atom is 0.359 e. The number of rotatable bonds is 10. The Bertz CT molecular complexity index is 1240. The second kappa shape index (κ2) is 10.8. The van der Waals surface area contributed by atoms with Crippen LogP contribution in [0.4, 0.5) is 5.82 Å². The molecule has 194 valence electrons. The molecule has 0 saturated heterocycles. The van der Waals surface area contributed by atoms with Crippen LogP contribution in [0.2, 0.25) is 25.7 Å². The third-order valence-electron chi connectivity index (χ3n) is 6.23. The summed E-state index contributed by atoms with van der Waals surface area (Å²) in [5.41, 5.74) is 2.93. The van der Waals surface area contributed by atoms with E-state index in [0.29, 0.717) is 50.0 Å². The summed E-state index contributed by atoms with van der Waals surface area (Å²) < 4.78 is 24.0. The molecule has 0 bridgehead atoms. The van der Waals surface area contributed by atoms with E-state index in [1.807, 2.05) is 16.8 Å². The van der Waals surface area contributed by atoms with E-state index in [4.69, 9.17) is 18.9 Å². The molecule has 0 spiro atoms. The standard InChI is InChI=1S/C25H35N5O5Si/c1-7-35-25(31)23-18-14-29(9-8-20(18)30(28-23)16-34-10-11-36(4,5)6)24-17-12-21(32-2)22(33-3)13-19(17)26-15-27-24/h12-13,15H,7-11,14,16H2,1-6H3. The molecule has 4 rings (SSSR count). The van der Waals surface area contributed by atoms with Gasteiger partial charge in [-0.05, 0) is 19.0 Å². The zero-order chi connectivity index (χ0) is 25.9. The van der Waals surface area contributed by atoms with Gasteiger partial charge in [0.2, 0.25) is 0 Å². The van der Waals surface area contributed by atoms with Crippen molar-refractivity contribution in [3.8, 4) is 11.5 Å². The third-order valence-corrected chi connectivity index (χ3v) is 7.94. The van der Waals surface area contributed by atoms with Crippen molar-refractivity contribution in [2.45, 2.75) is 52.3 Å². The van der Waals surface area contributed by atoms with E-state index in [9.17, 15) is 4.79 Å². The highest BCUT2D eigenvalue weighted by molar-refractivity contribution is 6.76. The van der Waals surface area contributed by atoms with E-state index in [2.05, 4.69) is 39.6 Å². The molecule has 0 atom stereocenters. The number of fused-ring (bicyclic) bond motifs is 2. The van der Waals surface area contributed by atoms with Crippen molar-refractivity contribution in [3.05, 3.63) is 35.4 Å². The first kappa shape index (κ1) is 25.9. The van der Waals surface area contributed by atoms with E-state index in [-0.39, 0.29) is 6.61 Å². The SMILES string of the molecule is CCOC(=O)c1nn(COCC[Si](C)(C)C)c2c1CN(c1ncnc3cc(OC)c(OC)cc13)CC2. The van der Waals surface area contributed by atoms with E-state index in [0.717, 1.165) is 34.0 Å². The van der Waals surface area contributed by atoms with Crippen molar-refractivity contribution in [3.63, 3.8) is 0 Å². The van der Waals surface area contributed by atoms with Crippen LogP contribution in [0.1, 0.15) is 28.7 Å². The molecule has 1 aromatic carbocycles. The first-order valence-corrected chi connectivity index (χ1v) is 15.9. The number of hydrogen-bond donors (Lipinski definition) is 0. The Morgan fingerprint density at radius 1 is 1.11 bits per heavy atom. The predicted molar refractivity (Wildman–Crippen MR) is 140 cm³/mol. The summed E-state index contributed by atoms with van der Waals surface area (Å²) in [5, 5.41) is 5.46. The summed E-state index contributed by atoms with van der Waals surface area (Å²) >= 11 is 0. The lowest BCUT2D eigenvalue weighted by atomic mass is 10.0. The van der Waals surface area contributed by atoms with Crippen LogP contribution >= 0.6 is 0 Å². The average Bonchev–Trinajstić information content (AvgIpc) is 3.22. The Kier molecular flexibility index (Phi) is 7.79. The molecule has 0 fully saturated rings. The first-order chi connectivity index (χ1) is 17.3. The molecule has 3 aromatic rings. The topological polar surface area (TPSA) is 101 Å². The molecule has 0 aliphatic carbocycles. The molecular formula is C25H35N5O5Si. The van der Waals surface area contributed by atoms with Crippen molar-refractivity contribution >= 4 is 30.8 Å². The fourth-order valence-corrected chi connectivity index (χ4v) is 5.05. The molecule has 0 amide bonds. The van der Waals surface area contributed by atoms with E-state index < -0.39 is 14.0 Å². The van der Waals surface area contributed by atoms with Gasteiger partial charge in [-0.2, -0.15) is 5.10 Å². The highest BCUT2D eigenvalue weighted by atomic mass is 28.3. The van der Waals surface area contributed by atoms with Gasteiger partial charge in [-0.25, -0.2) is 19.4 Å². The number of benzene rings is 1. The zero-order valence-corrected chi connectivity index (χ0v) is 23.0. The van der Waals surface area contributed by atoms with Crippen molar-refractivity contribution < 1.29 is 23.7 Å². The van der Waals surface area contributed by atoms with Crippen LogP contribution in [0.15, 0.2) is 18.5 Å². The quantitative estimate of drug-likeness (QED) is 0.227. The van der Waals surface area contributed by atoms with Crippen LogP contribution in [0.25, 0.3) is 10.9 Å². The minimum Gasteiger partial charge on any atom is -0.493 e. The smallest absolute Gasteiger partial charge is 0.359 e. The fraction of sp³-hybridized carbons (Fsp3) is 0.520. The summed E-state index contributed by atoms with van der Waals surface area (Å²) in [6.07, 6.45) is 2.24. The normalized spacial score (nSPS) is 13.6.